The molecule has 0 bridgehead atoms. The van der Waals surface area contributed by atoms with Crippen LogP contribution in [0.1, 0.15) is 341 Å². The van der Waals surface area contributed by atoms with Crippen LogP contribution in [0.2, 0.25) is 0 Å². The molecule has 2 unspecified atom stereocenters. The number of allylic oxidation sites excluding steroid dienone is 5. The normalized spacial score (nSPS) is 12.8. The number of rotatable bonds is 59. The molecule has 0 aromatic heterocycles. The van der Waals surface area contributed by atoms with Crippen molar-refractivity contribution in [2.75, 3.05) is 13.2 Å². The molecule has 0 fully saturated rings. The van der Waals surface area contributed by atoms with Crippen LogP contribution in [0.15, 0.2) is 36.5 Å². The molecule has 418 valence electrons. The standard InChI is InChI=1S/C65H123NO5/c1-3-5-7-9-11-13-15-17-29-33-37-41-45-49-53-57-63(68)62(61-67)66-64(69)58-54-50-46-42-38-34-31-27-25-23-21-19-20-22-24-26-28-32-36-40-44-48-52-56-60-71-65(70)59-55-51-47-43-39-35-30-18-16-14-12-10-8-6-4-2/h12,14,18,30,53,57,62-63,67-68H,3-11,13,15-17,19-29,31-52,54-56,58-61H2,1-2H3,(H,66,69)/b14-12-,30-18-,57-53+. The summed E-state index contributed by atoms with van der Waals surface area (Å²) >= 11 is 0. The predicted octanol–water partition coefficient (Wildman–Crippen LogP) is 20.0. The summed E-state index contributed by atoms with van der Waals surface area (Å²) < 4.78 is 5.48. The molecule has 0 rings (SSSR count). The van der Waals surface area contributed by atoms with E-state index >= 15 is 0 Å². The Morgan fingerprint density at radius 2 is 0.704 bits per heavy atom. The van der Waals surface area contributed by atoms with Crippen molar-refractivity contribution in [3.8, 4) is 0 Å². The zero-order valence-corrected chi connectivity index (χ0v) is 47.7. The van der Waals surface area contributed by atoms with Crippen LogP contribution in [-0.4, -0.2) is 47.4 Å². The molecule has 2 atom stereocenters. The Labute approximate surface area is 443 Å². The van der Waals surface area contributed by atoms with E-state index < -0.39 is 12.1 Å². The van der Waals surface area contributed by atoms with Gasteiger partial charge in [0.25, 0.3) is 0 Å². The monoisotopic (exact) mass is 998 g/mol. The molecule has 1 amide bonds. The topological polar surface area (TPSA) is 95.9 Å². The summed E-state index contributed by atoms with van der Waals surface area (Å²) in [4.78, 5) is 24.5. The Bertz CT molecular complexity index is 1150. The molecule has 0 aliphatic heterocycles. The fourth-order valence-corrected chi connectivity index (χ4v) is 9.78. The number of aliphatic hydroxyl groups excluding tert-OH is 2. The van der Waals surface area contributed by atoms with Crippen molar-refractivity contribution in [2.45, 2.75) is 353 Å². The number of ether oxygens (including phenoxy) is 1. The van der Waals surface area contributed by atoms with Gasteiger partial charge < -0.3 is 20.3 Å². The number of unbranched alkanes of at least 4 members (excludes halogenated alkanes) is 44. The third-order valence-electron chi connectivity index (χ3n) is 14.7. The van der Waals surface area contributed by atoms with Gasteiger partial charge in [-0.15, -0.1) is 0 Å². The first-order valence-electron chi connectivity index (χ1n) is 31.8. The van der Waals surface area contributed by atoms with Gasteiger partial charge in [-0.2, -0.15) is 0 Å². The third-order valence-corrected chi connectivity index (χ3v) is 14.7. The van der Waals surface area contributed by atoms with Gasteiger partial charge in [-0.25, -0.2) is 0 Å². The van der Waals surface area contributed by atoms with E-state index in [1.807, 2.05) is 6.08 Å². The average molecular weight is 999 g/mol. The molecule has 0 aliphatic carbocycles. The molecule has 0 saturated heterocycles. The number of carbonyl (C=O) groups excluding carboxylic acids is 2. The number of carbonyl (C=O) groups is 2. The summed E-state index contributed by atoms with van der Waals surface area (Å²) in [5.41, 5.74) is 0. The van der Waals surface area contributed by atoms with Crippen LogP contribution in [-0.2, 0) is 14.3 Å². The number of amides is 1. The molecular formula is C65H123NO5. The van der Waals surface area contributed by atoms with Crippen molar-refractivity contribution < 1.29 is 24.5 Å². The first-order chi connectivity index (χ1) is 35.0. The highest BCUT2D eigenvalue weighted by molar-refractivity contribution is 5.76. The van der Waals surface area contributed by atoms with E-state index in [0.717, 1.165) is 51.4 Å². The number of esters is 1. The maximum absolute atomic E-state index is 12.5. The van der Waals surface area contributed by atoms with Crippen LogP contribution in [0.4, 0.5) is 0 Å². The zero-order valence-electron chi connectivity index (χ0n) is 47.7. The summed E-state index contributed by atoms with van der Waals surface area (Å²) in [6, 6.07) is -0.627. The fourth-order valence-electron chi connectivity index (χ4n) is 9.78. The lowest BCUT2D eigenvalue weighted by molar-refractivity contribution is -0.143. The minimum atomic E-state index is -0.844. The van der Waals surface area contributed by atoms with E-state index in [0.29, 0.717) is 19.4 Å². The summed E-state index contributed by atoms with van der Waals surface area (Å²) in [5.74, 6) is -0.0646. The van der Waals surface area contributed by atoms with Crippen molar-refractivity contribution in [3.63, 3.8) is 0 Å². The minimum absolute atomic E-state index is 0.000996. The summed E-state index contributed by atoms with van der Waals surface area (Å²) in [7, 11) is 0. The van der Waals surface area contributed by atoms with Gasteiger partial charge in [0.1, 0.15) is 0 Å². The van der Waals surface area contributed by atoms with E-state index in [-0.39, 0.29) is 18.5 Å². The molecule has 0 aromatic carbocycles. The molecule has 71 heavy (non-hydrogen) atoms. The lowest BCUT2D eigenvalue weighted by Gasteiger charge is -2.20. The van der Waals surface area contributed by atoms with Gasteiger partial charge >= 0.3 is 5.97 Å². The summed E-state index contributed by atoms with van der Waals surface area (Å²) in [6.45, 7) is 4.89. The second-order valence-electron chi connectivity index (χ2n) is 21.7. The summed E-state index contributed by atoms with van der Waals surface area (Å²) in [6.07, 6.45) is 76.2. The Morgan fingerprint density at radius 3 is 1.10 bits per heavy atom. The maximum atomic E-state index is 12.5. The molecule has 3 N–H and O–H groups in total. The highest BCUT2D eigenvalue weighted by Gasteiger charge is 2.18. The quantitative estimate of drug-likeness (QED) is 0.0321. The fraction of sp³-hybridized carbons (Fsp3) is 0.877. The highest BCUT2D eigenvalue weighted by atomic mass is 16.5. The van der Waals surface area contributed by atoms with Crippen molar-refractivity contribution in [3.05, 3.63) is 36.5 Å². The zero-order chi connectivity index (χ0) is 51.4. The largest absolute Gasteiger partial charge is 0.466 e. The second-order valence-corrected chi connectivity index (χ2v) is 21.7. The first-order valence-corrected chi connectivity index (χ1v) is 31.8. The van der Waals surface area contributed by atoms with Gasteiger partial charge in [-0.3, -0.25) is 9.59 Å². The third kappa shape index (κ3) is 57.2. The van der Waals surface area contributed by atoms with Crippen LogP contribution >= 0.6 is 0 Å². The van der Waals surface area contributed by atoms with Crippen molar-refractivity contribution in [1.29, 1.82) is 0 Å². The van der Waals surface area contributed by atoms with Crippen LogP contribution in [0.5, 0.6) is 0 Å². The van der Waals surface area contributed by atoms with Gasteiger partial charge in [-0.1, -0.05) is 301 Å². The Morgan fingerprint density at radius 1 is 0.394 bits per heavy atom. The van der Waals surface area contributed by atoms with Crippen molar-refractivity contribution >= 4 is 11.9 Å². The smallest absolute Gasteiger partial charge is 0.305 e. The lowest BCUT2D eigenvalue weighted by Crippen LogP contribution is -2.45. The molecular weight excluding hydrogens is 875 g/mol. The number of aliphatic hydroxyl groups is 2. The Hall–Kier alpha value is -1.92. The molecule has 0 heterocycles. The average Bonchev–Trinajstić information content (AvgIpc) is 3.37. The van der Waals surface area contributed by atoms with E-state index in [1.54, 1.807) is 6.08 Å². The maximum Gasteiger partial charge on any atom is 0.305 e. The van der Waals surface area contributed by atoms with Crippen LogP contribution in [0.25, 0.3) is 0 Å². The molecule has 0 radical (unpaired) electrons. The number of hydrogen-bond donors (Lipinski definition) is 3. The molecule has 0 spiro atoms. The lowest BCUT2D eigenvalue weighted by atomic mass is 10.0. The predicted molar refractivity (Wildman–Crippen MR) is 310 cm³/mol. The van der Waals surface area contributed by atoms with E-state index in [4.69, 9.17) is 4.74 Å². The van der Waals surface area contributed by atoms with Gasteiger partial charge in [0.15, 0.2) is 0 Å². The first kappa shape index (κ1) is 69.1. The van der Waals surface area contributed by atoms with Crippen LogP contribution < -0.4 is 5.32 Å². The molecule has 0 saturated carbocycles. The van der Waals surface area contributed by atoms with Crippen molar-refractivity contribution in [2.24, 2.45) is 0 Å². The van der Waals surface area contributed by atoms with Crippen LogP contribution in [0, 0.1) is 0 Å². The van der Waals surface area contributed by atoms with Gasteiger partial charge in [0.2, 0.25) is 5.91 Å². The minimum Gasteiger partial charge on any atom is -0.466 e. The number of nitrogens with one attached hydrogen (secondary N) is 1. The molecule has 0 aromatic rings. The van der Waals surface area contributed by atoms with Gasteiger partial charge in [0, 0.05) is 12.8 Å². The Balaban J connectivity index is 3.39. The van der Waals surface area contributed by atoms with Gasteiger partial charge in [-0.05, 0) is 64.2 Å². The highest BCUT2D eigenvalue weighted by Crippen LogP contribution is 2.18. The van der Waals surface area contributed by atoms with Crippen LogP contribution in [0.3, 0.4) is 0 Å². The summed E-state index contributed by atoms with van der Waals surface area (Å²) in [5, 5.41) is 23.1. The molecule has 6 heteroatoms. The van der Waals surface area contributed by atoms with Gasteiger partial charge in [0.05, 0.1) is 25.4 Å². The molecule has 0 aliphatic rings. The molecule has 6 nitrogen and oxygen atoms in total. The van der Waals surface area contributed by atoms with E-state index in [1.165, 1.54) is 263 Å². The van der Waals surface area contributed by atoms with E-state index in [2.05, 4.69) is 43.5 Å². The van der Waals surface area contributed by atoms with E-state index in [9.17, 15) is 19.8 Å². The van der Waals surface area contributed by atoms with Crippen molar-refractivity contribution in [1.82, 2.24) is 5.32 Å². The number of hydrogen-bond acceptors (Lipinski definition) is 5. The second kappa shape index (κ2) is 60.6. The Kier molecular flexibility index (Phi) is 59.0. The SMILES string of the molecule is CCCCC/C=C\C/C=C\CCCCCCCC(=O)OCCCCCCCCCCCCCCCCCCCCCCCCCCC(=O)NC(CO)C(O)/C=C/CCCCCCCCCCCCCCC.